The van der Waals surface area contributed by atoms with Crippen molar-refractivity contribution in [2.24, 2.45) is 0 Å². The van der Waals surface area contributed by atoms with Crippen LogP contribution in [0.15, 0.2) is 54.6 Å². The number of carbonyl (C=O) groups excluding carboxylic acids is 1. The highest BCUT2D eigenvalue weighted by Crippen LogP contribution is 2.27. The largest absolute Gasteiger partial charge is 0.312 e. The molecule has 0 N–H and O–H groups in total. The van der Waals surface area contributed by atoms with E-state index in [4.69, 9.17) is 0 Å². The van der Waals surface area contributed by atoms with Gasteiger partial charge < -0.3 is 0 Å². The Labute approximate surface area is 157 Å². The first-order valence-electron chi connectivity index (χ1n) is 8.72. The second-order valence-corrected chi connectivity index (χ2v) is 6.65. The van der Waals surface area contributed by atoms with Gasteiger partial charge in [-0.15, -0.1) is 0 Å². The molecule has 0 saturated heterocycles. The summed E-state index contributed by atoms with van der Waals surface area (Å²) in [6.07, 6.45) is 0. The number of hydrogen-bond acceptors (Lipinski definition) is 4. The third-order valence-corrected chi connectivity index (χ3v) is 4.74. The Hall–Kier alpha value is -3.28. The number of benzene rings is 2. The molecule has 0 amide bonds. The monoisotopic (exact) mass is 363 g/mol. The minimum Gasteiger partial charge on any atom is -0.293 e. The van der Waals surface area contributed by atoms with E-state index in [0.29, 0.717) is 17.0 Å². The molecule has 3 rings (SSSR count). The van der Waals surface area contributed by atoms with Crippen molar-refractivity contribution in [1.82, 2.24) is 9.78 Å². The van der Waals surface area contributed by atoms with Crippen LogP contribution >= 0.6 is 0 Å². The smallest absolute Gasteiger partial charge is 0.293 e. The molecule has 0 fully saturated rings. The second-order valence-electron chi connectivity index (χ2n) is 6.65. The van der Waals surface area contributed by atoms with Gasteiger partial charge in [-0.1, -0.05) is 60.2 Å². The van der Waals surface area contributed by atoms with Crippen LogP contribution < -0.4 is 0 Å². The van der Waals surface area contributed by atoms with Gasteiger partial charge in [-0.25, -0.2) is 0 Å². The SMILES string of the molecule is Cc1ccc(C(=O)[C@H](Cn2nc(C)c([N+](=O)[O-])c2C)c2ccccc2)cc1. The van der Waals surface area contributed by atoms with Gasteiger partial charge in [-0.05, 0) is 26.3 Å². The molecule has 1 heterocycles. The fourth-order valence-corrected chi connectivity index (χ4v) is 3.25. The zero-order valence-electron chi connectivity index (χ0n) is 15.5. The summed E-state index contributed by atoms with van der Waals surface area (Å²) in [5, 5.41) is 15.6. The average molecular weight is 363 g/mol. The van der Waals surface area contributed by atoms with Crippen LogP contribution in [0.5, 0.6) is 0 Å². The molecule has 0 radical (unpaired) electrons. The fourth-order valence-electron chi connectivity index (χ4n) is 3.25. The van der Waals surface area contributed by atoms with Crippen LogP contribution in [-0.2, 0) is 6.54 Å². The Morgan fingerprint density at radius 3 is 2.26 bits per heavy atom. The van der Waals surface area contributed by atoms with Crippen LogP contribution in [0.1, 0.15) is 38.8 Å². The summed E-state index contributed by atoms with van der Waals surface area (Å²) in [6, 6.07) is 16.9. The number of nitro groups is 1. The lowest BCUT2D eigenvalue weighted by Gasteiger charge is -2.17. The molecule has 0 bridgehead atoms. The highest BCUT2D eigenvalue weighted by Gasteiger charge is 2.27. The van der Waals surface area contributed by atoms with Crippen molar-refractivity contribution in [2.75, 3.05) is 0 Å². The summed E-state index contributed by atoms with van der Waals surface area (Å²) in [5.41, 5.74) is 3.37. The molecule has 0 aliphatic carbocycles. The van der Waals surface area contributed by atoms with Crippen LogP contribution in [0.2, 0.25) is 0 Å². The number of Topliss-reactive ketones (excluding diaryl/α,β-unsaturated/α-hetero) is 1. The van der Waals surface area contributed by atoms with E-state index in [2.05, 4.69) is 5.10 Å². The molecular formula is C21H21N3O3. The molecule has 0 unspecified atom stereocenters. The van der Waals surface area contributed by atoms with Crippen LogP contribution in [0.4, 0.5) is 5.69 Å². The lowest BCUT2D eigenvalue weighted by molar-refractivity contribution is -0.386. The van der Waals surface area contributed by atoms with E-state index in [9.17, 15) is 14.9 Å². The first-order chi connectivity index (χ1) is 12.9. The predicted octanol–water partition coefficient (Wildman–Crippen LogP) is 4.38. The third-order valence-electron chi connectivity index (χ3n) is 4.74. The number of hydrogen-bond donors (Lipinski definition) is 0. The van der Waals surface area contributed by atoms with Gasteiger partial charge in [-0.3, -0.25) is 19.6 Å². The van der Waals surface area contributed by atoms with Crippen molar-refractivity contribution < 1.29 is 9.72 Å². The quantitative estimate of drug-likeness (QED) is 0.370. The van der Waals surface area contributed by atoms with Crippen molar-refractivity contribution >= 4 is 11.5 Å². The molecule has 0 spiro atoms. The minimum absolute atomic E-state index is 0.00426. The van der Waals surface area contributed by atoms with Crippen LogP contribution in [0.3, 0.4) is 0 Å². The molecule has 1 atom stereocenters. The maximum atomic E-state index is 13.2. The lowest BCUT2D eigenvalue weighted by atomic mass is 9.90. The molecular weight excluding hydrogens is 342 g/mol. The van der Waals surface area contributed by atoms with Gasteiger partial charge in [0, 0.05) is 5.56 Å². The molecule has 1 aromatic heterocycles. The topological polar surface area (TPSA) is 78.0 Å². The normalized spacial score (nSPS) is 12.0. The molecule has 6 nitrogen and oxygen atoms in total. The highest BCUT2D eigenvalue weighted by atomic mass is 16.6. The Bertz CT molecular complexity index is 976. The van der Waals surface area contributed by atoms with Crippen molar-refractivity contribution in [2.45, 2.75) is 33.2 Å². The Morgan fingerprint density at radius 1 is 1.07 bits per heavy atom. The Kier molecular flexibility index (Phi) is 5.16. The number of carbonyl (C=O) groups is 1. The number of nitrogens with zero attached hydrogens (tertiary/aromatic N) is 3. The van der Waals surface area contributed by atoms with Gasteiger partial charge in [0.15, 0.2) is 5.78 Å². The molecule has 6 heteroatoms. The molecule has 0 aliphatic rings. The Balaban J connectivity index is 2.01. The van der Waals surface area contributed by atoms with E-state index < -0.39 is 10.8 Å². The van der Waals surface area contributed by atoms with Crippen LogP contribution in [0.25, 0.3) is 0 Å². The fraction of sp³-hybridized carbons (Fsp3) is 0.238. The van der Waals surface area contributed by atoms with Gasteiger partial charge in [-0.2, -0.15) is 5.10 Å². The second kappa shape index (κ2) is 7.53. The van der Waals surface area contributed by atoms with Gasteiger partial charge >= 0.3 is 5.69 Å². The first kappa shape index (κ1) is 18.5. The predicted molar refractivity (Wildman–Crippen MR) is 103 cm³/mol. The standard InChI is InChI=1S/C21H21N3O3/c1-14-9-11-18(12-10-14)21(25)19(17-7-5-4-6-8-17)13-23-16(3)20(24(26)27)15(2)22-23/h4-12,19H,13H2,1-3H3/t19-/m1/s1. The van der Waals surface area contributed by atoms with Crippen LogP contribution in [-0.4, -0.2) is 20.5 Å². The number of aromatic nitrogens is 2. The molecule has 138 valence electrons. The molecule has 2 aromatic carbocycles. The maximum absolute atomic E-state index is 13.2. The maximum Gasteiger partial charge on any atom is 0.312 e. The summed E-state index contributed by atoms with van der Waals surface area (Å²) in [4.78, 5) is 24.1. The van der Waals surface area contributed by atoms with Crippen LogP contribution in [0, 0.1) is 30.9 Å². The molecule has 0 aliphatic heterocycles. The van der Waals surface area contributed by atoms with Gasteiger partial charge in [0.2, 0.25) is 0 Å². The molecule has 3 aromatic rings. The van der Waals surface area contributed by atoms with Crippen molar-refractivity contribution in [3.63, 3.8) is 0 Å². The highest BCUT2D eigenvalue weighted by molar-refractivity contribution is 6.01. The van der Waals surface area contributed by atoms with E-state index in [1.165, 1.54) is 0 Å². The van der Waals surface area contributed by atoms with Gasteiger partial charge in [0.05, 0.1) is 17.4 Å². The van der Waals surface area contributed by atoms with Crippen molar-refractivity contribution in [1.29, 1.82) is 0 Å². The zero-order chi connectivity index (χ0) is 19.6. The summed E-state index contributed by atoms with van der Waals surface area (Å²) >= 11 is 0. The number of ketones is 1. The van der Waals surface area contributed by atoms with E-state index >= 15 is 0 Å². The lowest BCUT2D eigenvalue weighted by Crippen LogP contribution is -2.20. The molecule has 0 saturated carbocycles. The van der Waals surface area contributed by atoms with E-state index in [0.717, 1.165) is 11.1 Å². The van der Waals surface area contributed by atoms with E-state index in [1.54, 1.807) is 18.5 Å². The average Bonchev–Trinajstić information content (AvgIpc) is 2.94. The van der Waals surface area contributed by atoms with Crippen molar-refractivity contribution in [3.8, 4) is 0 Å². The van der Waals surface area contributed by atoms with E-state index in [-0.39, 0.29) is 18.0 Å². The summed E-state index contributed by atoms with van der Waals surface area (Å²) < 4.78 is 1.57. The Morgan fingerprint density at radius 2 is 1.70 bits per heavy atom. The number of rotatable bonds is 6. The van der Waals surface area contributed by atoms with Crippen molar-refractivity contribution in [3.05, 3.63) is 92.8 Å². The number of aryl methyl sites for hydroxylation is 2. The summed E-state index contributed by atoms with van der Waals surface area (Å²) in [5.74, 6) is -0.511. The van der Waals surface area contributed by atoms with E-state index in [1.807, 2.05) is 61.5 Å². The first-order valence-corrected chi connectivity index (χ1v) is 8.72. The zero-order valence-corrected chi connectivity index (χ0v) is 15.5. The minimum atomic E-state index is -0.480. The molecule has 27 heavy (non-hydrogen) atoms. The van der Waals surface area contributed by atoms with Gasteiger partial charge in [0.1, 0.15) is 11.4 Å². The third kappa shape index (κ3) is 3.79. The van der Waals surface area contributed by atoms with Gasteiger partial charge in [0.25, 0.3) is 0 Å². The summed E-state index contributed by atoms with van der Waals surface area (Å²) in [7, 11) is 0. The summed E-state index contributed by atoms with van der Waals surface area (Å²) in [6.45, 7) is 5.49.